The summed E-state index contributed by atoms with van der Waals surface area (Å²) in [5.74, 6) is 1.92. The lowest BCUT2D eigenvalue weighted by atomic mass is 10.0. The van der Waals surface area contributed by atoms with E-state index in [0.29, 0.717) is 13.1 Å². The number of rotatable bonds is 4. The Labute approximate surface area is 184 Å². The lowest BCUT2D eigenvalue weighted by Crippen LogP contribution is -2.49. The van der Waals surface area contributed by atoms with Gasteiger partial charge in [0.2, 0.25) is 0 Å². The van der Waals surface area contributed by atoms with E-state index in [-0.39, 0.29) is 5.91 Å². The van der Waals surface area contributed by atoms with E-state index in [1.165, 1.54) is 16.7 Å². The standard InChI is InChI=1S/C26H30N4O/c1-18-9-11-22(12-10-18)17-24-20(3)27-21(4)28-25(24)29-13-15-30(16-14-29)26(31)23-8-6-5-7-19(23)2/h5-12H,13-17H2,1-4H3. The minimum Gasteiger partial charge on any atom is -0.353 e. The van der Waals surface area contributed by atoms with Crippen LogP contribution in [0.4, 0.5) is 5.82 Å². The molecule has 0 aliphatic carbocycles. The van der Waals surface area contributed by atoms with Crippen molar-refractivity contribution < 1.29 is 4.79 Å². The van der Waals surface area contributed by atoms with Gasteiger partial charge in [-0.25, -0.2) is 9.97 Å². The first-order chi connectivity index (χ1) is 14.9. The van der Waals surface area contributed by atoms with Crippen LogP contribution in [0.25, 0.3) is 0 Å². The molecule has 0 radical (unpaired) electrons. The lowest BCUT2D eigenvalue weighted by Gasteiger charge is -2.36. The summed E-state index contributed by atoms with van der Waals surface area (Å²) in [7, 11) is 0. The summed E-state index contributed by atoms with van der Waals surface area (Å²) in [6, 6.07) is 16.5. The van der Waals surface area contributed by atoms with Crippen LogP contribution in [0.3, 0.4) is 0 Å². The van der Waals surface area contributed by atoms with Crippen LogP contribution in [0.2, 0.25) is 0 Å². The Bertz CT molecular complexity index is 1080. The van der Waals surface area contributed by atoms with E-state index in [0.717, 1.165) is 48.0 Å². The molecule has 5 heteroatoms. The van der Waals surface area contributed by atoms with Crippen molar-refractivity contribution in [2.75, 3.05) is 31.1 Å². The van der Waals surface area contributed by atoms with Crippen LogP contribution in [-0.4, -0.2) is 47.0 Å². The van der Waals surface area contributed by atoms with Gasteiger partial charge >= 0.3 is 0 Å². The molecule has 2 heterocycles. The molecule has 1 saturated heterocycles. The zero-order chi connectivity index (χ0) is 22.0. The Kier molecular flexibility index (Phi) is 6.03. The van der Waals surface area contributed by atoms with Gasteiger partial charge in [-0.15, -0.1) is 0 Å². The molecule has 1 aromatic heterocycles. The first-order valence-electron chi connectivity index (χ1n) is 10.9. The second-order valence-electron chi connectivity index (χ2n) is 8.41. The molecule has 1 amide bonds. The quantitative estimate of drug-likeness (QED) is 0.640. The average Bonchev–Trinajstić information content (AvgIpc) is 2.77. The van der Waals surface area contributed by atoms with Crippen LogP contribution in [0.15, 0.2) is 48.5 Å². The van der Waals surface area contributed by atoms with Gasteiger partial charge in [0.25, 0.3) is 5.91 Å². The molecule has 0 spiro atoms. The summed E-state index contributed by atoms with van der Waals surface area (Å²) < 4.78 is 0. The summed E-state index contributed by atoms with van der Waals surface area (Å²) in [4.78, 5) is 26.7. The predicted octanol–water partition coefficient (Wildman–Crippen LogP) is 4.26. The number of hydrogen-bond donors (Lipinski definition) is 0. The predicted molar refractivity (Wildman–Crippen MR) is 125 cm³/mol. The van der Waals surface area contributed by atoms with Gasteiger partial charge in [0.05, 0.1) is 0 Å². The molecule has 4 rings (SSSR count). The van der Waals surface area contributed by atoms with E-state index in [1.54, 1.807) is 0 Å². The van der Waals surface area contributed by atoms with Gasteiger partial charge in [-0.3, -0.25) is 4.79 Å². The Morgan fingerprint density at radius 1 is 0.871 bits per heavy atom. The molecule has 1 aliphatic heterocycles. The number of carbonyl (C=O) groups is 1. The summed E-state index contributed by atoms with van der Waals surface area (Å²) in [6.45, 7) is 11.0. The molecular weight excluding hydrogens is 384 g/mol. The van der Waals surface area contributed by atoms with Gasteiger partial charge in [-0.2, -0.15) is 0 Å². The van der Waals surface area contributed by atoms with Crippen molar-refractivity contribution in [3.8, 4) is 0 Å². The highest BCUT2D eigenvalue weighted by atomic mass is 16.2. The van der Waals surface area contributed by atoms with E-state index in [1.807, 2.05) is 43.0 Å². The van der Waals surface area contributed by atoms with E-state index in [9.17, 15) is 4.79 Å². The van der Waals surface area contributed by atoms with E-state index >= 15 is 0 Å². The first-order valence-corrected chi connectivity index (χ1v) is 10.9. The number of amides is 1. The fourth-order valence-electron chi connectivity index (χ4n) is 4.20. The zero-order valence-electron chi connectivity index (χ0n) is 18.9. The minimum absolute atomic E-state index is 0.118. The van der Waals surface area contributed by atoms with Crippen molar-refractivity contribution in [1.29, 1.82) is 0 Å². The van der Waals surface area contributed by atoms with E-state index in [2.05, 4.69) is 48.0 Å². The average molecular weight is 415 g/mol. The molecule has 0 atom stereocenters. The van der Waals surface area contributed by atoms with Crippen LogP contribution in [0.1, 0.15) is 44.1 Å². The van der Waals surface area contributed by atoms with Gasteiger partial charge in [-0.1, -0.05) is 48.0 Å². The fraction of sp³-hybridized carbons (Fsp3) is 0.346. The molecule has 2 aromatic carbocycles. The highest BCUT2D eigenvalue weighted by Gasteiger charge is 2.26. The second-order valence-corrected chi connectivity index (χ2v) is 8.41. The highest BCUT2D eigenvalue weighted by molar-refractivity contribution is 5.95. The SMILES string of the molecule is Cc1ccc(Cc2c(C)nc(C)nc2N2CCN(C(=O)c3ccccc3C)CC2)cc1. The molecule has 0 saturated carbocycles. The Morgan fingerprint density at radius 2 is 1.55 bits per heavy atom. The van der Waals surface area contributed by atoms with Crippen molar-refractivity contribution in [1.82, 2.24) is 14.9 Å². The molecule has 1 fully saturated rings. The highest BCUT2D eigenvalue weighted by Crippen LogP contribution is 2.26. The van der Waals surface area contributed by atoms with Gasteiger partial charge in [0.15, 0.2) is 0 Å². The third-order valence-electron chi connectivity index (χ3n) is 6.05. The number of piperazine rings is 1. The largest absolute Gasteiger partial charge is 0.353 e. The third kappa shape index (κ3) is 4.61. The smallest absolute Gasteiger partial charge is 0.254 e. The molecule has 1 aliphatic rings. The molecular formula is C26H30N4O. The summed E-state index contributed by atoms with van der Waals surface area (Å²) in [5.41, 5.74) is 6.54. The summed E-state index contributed by atoms with van der Waals surface area (Å²) in [6.07, 6.45) is 0.810. The van der Waals surface area contributed by atoms with Crippen molar-refractivity contribution in [3.63, 3.8) is 0 Å². The third-order valence-corrected chi connectivity index (χ3v) is 6.05. The molecule has 0 bridgehead atoms. The lowest BCUT2D eigenvalue weighted by molar-refractivity contribution is 0.0745. The fourth-order valence-corrected chi connectivity index (χ4v) is 4.20. The van der Waals surface area contributed by atoms with Gasteiger partial charge in [0, 0.05) is 49.4 Å². The molecule has 160 valence electrons. The number of aryl methyl sites for hydroxylation is 4. The Balaban J connectivity index is 1.53. The topological polar surface area (TPSA) is 49.3 Å². The number of nitrogens with zero attached hydrogens (tertiary/aromatic N) is 4. The van der Waals surface area contributed by atoms with Crippen LogP contribution >= 0.6 is 0 Å². The maximum atomic E-state index is 13.0. The van der Waals surface area contributed by atoms with Crippen molar-refractivity contribution >= 4 is 11.7 Å². The van der Waals surface area contributed by atoms with Crippen LogP contribution < -0.4 is 4.90 Å². The minimum atomic E-state index is 0.118. The number of carbonyl (C=O) groups excluding carboxylic acids is 1. The zero-order valence-corrected chi connectivity index (χ0v) is 18.9. The van der Waals surface area contributed by atoms with Crippen LogP contribution in [-0.2, 0) is 6.42 Å². The van der Waals surface area contributed by atoms with Crippen molar-refractivity contribution in [2.45, 2.75) is 34.1 Å². The Hall–Kier alpha value is -3.21. The number of aromatic nitrogens is 2. The maximum absolute atomic E-state index is 13.0. The van der Waals surface area contributed by atoms with Crippen molar-refractivity contribution in [2.24, 2.45) is 0 Å². The first kappa shape index (κ1) is 21.0. The molecule has 0 N–H and O–H groups in total. The second kappa shape index (κ2) is 8.88. The Morgan fingerprint density at radius 3 is 2.23 bits per heavy atom. The normalized spacial score (nSPS) is 14.1. The summed E-state index contributed by atoms with van der Waals surface area (Å²) >= 11 is 0. The van der Waals surface area contributed by atoms with E-state index in [4.69, 9.17) is 4.98 Å². The molecule has 3 aromatic rings. The van der Waals surface area contributed by atoms with Gasteiger partial charge < -0.3 is 9.80 Å². The van der Waals surface area contributed by atoms with Crippen LogP contribution in [0, 0.1) is 27.7 Å². The van der Waals surface area contributed by atoms with E-state index < -0.39 is 0 Å². The molecule has 31 heavy (non-hydrogen) atoms. The number of anilines is 1. The maximum Gasteiger partial charge on any atom is 0.254 e. The van der Waals surface area contributed by atoms with Gasteiger partial charge in [0.1, 0.15) is 11.6 Å². The monoisotopic (exact) mass is 414 g/mol. The number of benzene rings is 2. The van der Waals surface area contributed by atoms with Crippen LogP contribution in [0.5, 0.6) is 0 Å². The van der Waals surface area contributed by atoms with Crippen molar-refractivity contribution in [3.05, 3.63) is 87.9 Å². The van der Waals surface area contributed by atoms with Gasteiger partial charge in [-0.05, 0) is 44.9 Å². The number of hydrogen-bond acceptors (Lipinski definition) is 4. The summed E-state index contributed by atoms with van der Waals surface area (Å²) in [5, 5.41) is 0. The molecule has 0 unspecified atom stereocenters. The molecule has 5 nitrogen and oxygen atoms in total.